The predicted octanol–water partition coefficient (Wildman–Crippen LogP) is 4.85. The maximum absolute atomic E-state index is 12.4. The number of benzene rings is 2. The van der Waals surface area contributed by atoms with Crippen molar-refractivity contribution in [1.29, 1.82) is 0 Å². The van der Waals surface area contributed by atoms with Gasteiger partial charge in [-0.1, -0.05) is 39.0 Å². The minimum absolute atomic E-state index is 0.0385. The van der Waals surface area contributed by atoms with E-state index in [1.807, 2.05) is 0 Å². The summed E-state index contributed by atoms with van der Waals surface area (Å²) in [6.45, 7) is 2.79. The normalized spacial score (nSPS) is 13.7. The van der Waals surface area contributed by atoms with E-state index in [0.29, 0.717) is 29.2 Å². The fourth-order valence-corrected chi connectivity index (χ4v) is 3.82. The molecular weight excluding hydrogens is 418 g/mol. The third-order valence-corrected chi connectivity index (χ3v) is 5.81. The van der Waals surface area contributed by atoms with Gasteiger partial charge in [-0.05, 0) is 67.8 Å². The van der Waals surface area contributed by atoms with Crippen molar-refractivity contribution in [1.82, 2.24) is 10.9 Å². The topological polar surface area (TPSA) is 96.5 Å². The number of unbranched alkanes of at least 4 members (excludes halogenated alkanes) is 2. The molecule has 1 aliphatic rings. The van der Waals surface area contributed by atoms with Crippen LogP contribution in [0, 0.1) is 5.92 Å². The second kappa shape index (κ2) is 12.6. The minimum atomic E-state index is -0.440. The van der Waals surface area contributed by atoms with Crippen LogP contribution in [0.2, 0.25) is 0 Å². The first-order valence-electron chi connectivity index (χ1n) is 11.8. The summed E-state index contributed by atoms with van der Waals surface area (Å²) in [5, 5.41) is 2.92. The van der Waals surface area contributed by atoms with E-state index in [-0.39, 0.29) is 11.8 Å². The van der Waals surface area contributed by atoms with Crippen molar-refractivity contribution < 1.29 is 19.1 Å². The Labute approximate surface area is 195 Å². The SMILES string of the molecule is CCCCCOc1ccc(C(=O)NNC(=O)c2ccc(NC(=O)C3CCCCC3)cc2)cc1. The van der Waals surface area contributed by atoms with E-state index >= 15 is 0 Å². The molecule has 0 aliphatic heterocycles. The van der Waals surface area contributed by atoms with Gasteiger partial charge >= 0.3 is 0 Å². The van der Waals surface area contributed by atoms with Crippen molar-refractivity contribution in [3.63, 3.8) is 0 Å². The molecule has 33 heavy (non-hydrogen) atoms. The van der Waals surface area contributed by atoms with Gasteiger partial charge in [-0.2, -0.15) is 0 Å². The molecule has 3 amide bonds. The summed E-state index contributed by atoms with van der Waals surface area (Å²) in [5.74, 6) is -0.0424. The van der Waals surface area contributed by atoms with E-state index in [0.717, 1.165) is 44.9 Å². The number of hydrogen-bond donors (Lipinski definition) is 3. The van der Waals surface area contributed by atoms with Crippen molar-refractivity contribution in [2.24, 2.45) is 5.92 Å². The molecule has 176 valence electrons. The first-order chi connectivity index (χ1) is 16.1. The molecule has 0 heterocycles. The molecule has 0 radical (unpaired) electrons. The van der Waals surface area contributed by atoms with E-state index in [4.69, 9.17) is 4.74 Å². The molecule has 0 atom stereocenters. The number of anilines is 1. The Morgan fingerprint density at radius 3 is 1.97 bits per heavy atom. The lowest BCUT2D eigenvalue weighted by molar-refractivity contribution is -0.120. The fraction of sp³-hybridized carbons (Fsp3) is 0.423. The third-order valence-electron chi connectivity index (χ3n) is 5.81. The molecule has 1 aliphatic carbocycles. The Morgan fingerprint density at radius 2 is 1.39 bits per heavy atom. The van der Waals surface area contributed by atoms with Crippen LogP contribution in [0.3, 0.4) is 0 Å². The van der Waals surface area contributed by atoms with Crippen LogP contribution in [0.4, 0.5) is 5.69 Å². The van der Waals surface area contributed by atoms with Crippen molar-refractivity contribution in [3.8, 4) is 5.75 Å². The summed E-state index contributed by atoms with van der Waals surface area (Å²) in [6.07, 6.45) is 8.51. The molecule has 7 heteroatoms. The largest absolute Gasteiger partial charge is 0.494 e. The molecule has 0 saturated heterocycles. The van der Waals surface area contributed by atoms with Gasteiger partial charge in [-0.3, -0.25) is 25.2 Å². The fourth-order valence-electron chi connectivity index (χ4n) is 3.82. The third kappa shape index (κ3) is 7.63. The zero-order valence-corrected chi connectivity index (χ0v) is 19.2. The molecule has 1 fully saturated rings. The van der Waals surface area contributed by atoms with E-state index < -0.39 is 11.8 Å². The van der Waals surface area contributed by atoms with Gasteiger partial charge in [-0.15, -0.1) is 0 Å². The molecule has 3 rings (SSSR count). The highest BCUT2D eigenvalue weighted by Crippen LogP contribution is 2.25. The van der Waals surface area contributed by atoms with Crippen LogP contribution >= 0.6 is 0 Å². The average molecular weight is 452 g/mol. The summed E-state index contributed by atoms with van der Waals surface area (Å²) >= 11 is 0. The van der Waals surface area contributed by atoms with Crippen molar-refractivity contribution >= 4 is 23.4 Å². The van der Waals surface area contributed by atoms with Crippen LogP contribution in [0.25, 0.3) is 0 Å². The molecule has 0 bridgehead atoms. The Morgan fingerprint density at radius 1 is 0.818 bits per heavy atom. The number of hydrogen-bond acceptors (Lipinski definition) is 4. The van der Waals surface area contributed by atoms with Gasteiger partial charge in [0.15, 0.2) is 0 Å². The van der Waals surface area contributed by atoms with E-state index in [1.54, 1.807) is 48.5 Å². The molecule has 1 saturated carbocycles. The minimum Gasteiger partial charge on any atom is -0.494 e. The lowest BCUT2D eigenvalue weighted by Crippen LogP contribution is -2.41. The van der Waals surface area contributed by atoms with Gasteiger partial charge in [-0.25, -0.2) is 0 Å². The van der Waals surface area contributed by atoms with Crippen LogP contribution in [-0.4, -0.2) is 24.3 Å². The molecule has 0 aromatic heterocycles. The lowest BCUT2D eigenvalue weighted by atomic mass is 9.88. The number of rotatable bonds is 9. The Hall–Kier alpha value is -3.35. The van der Waals surface area contributed by atoms with Crippen LogP contribution < -0.4 is 20.9 Å². The molecule has 3 N–H and O–H groups in total. The highest BCUT2D eigenvalue weighted by molar-refractivity contribution is 5.99. The van der Waals surface area contributed by atoms with Crippen molar-refractivity contribution in [2.45, 2.75) is 58.3 Å². The van der Waals surface area contributed by atoms with Crippen molar-refractivity contribution in [3.05, 3.63) is 59.7 Å². The Balaban J connectivity index is 1.44. The highest BCUT2D eigenvalue weighted by Gasteiger charge is 2.21. The monoisotopic (exact) mass is 451 g/mol. The van der Waals surface area contributed by atoms with Gasteiger partial charge in [0.1, 0.15) is 5.75 Å². The van der Waals surface area contributed by atoms with Crippen LogP contribution in [0.1, 0.15) is 79.0 Å². The Bertz CT molecular complexity index is 920. The summed E-state index contributed by atoms with van der Waals surface area (Å²) < 4.78 is 5.64. The average Bonchev–Trinajstić information content (AvgIpc) is 2.86. The van der Waals surface area contributed by atoms with Crippen LogP contribution in [-0.2, 0) is 4.79 Å². The number of ether oxygens (including phenoxy) is 1. The van der Waals surface area contributed by atoms with Gasteiger partial charge in [0.25, 0.3) is 11.8 Å². The number of hydrazine groups is 1. The Kier molecular flexibility index (Phi) is 9.30. The molecule has 2 aromatic carbocycles. The number of carbonyl (C=O) groups excluding carboxylic acids is 3. The van der Waals surface area contributed by atoms with Crippen molar-refractivity contribution in [2.75, 3.05) is 11.9 Å². The van der Waals surface area contributed by atoms with Crippen LogP contribution in [0.5, 0.6) is 5.75 Å². The quantitative estimate of drug-likeness (QED) is 0.375. The zero-order chi connectivity index (χ0) is 23.5. The first kappa shape index (κ1) is 24.3. The highest BCUT2D eigenvalue weighted by atomic mass is 16.5. The van der Waals surface area contributed by atoms with E-state index in [2.05, 4.69) is 23.1 Å². The summed E-state index contributed by atoms with van der Waals surface area (Å²) in [5.41, 5.74) is 6.28. The molecule has 0 unspecified atom stereocenters. The predicted molar refractivity (Wildman–Crippen MR) is 128 cm³/mol. The first-order valence-corrected chi connectivity index (χ1v) is 11.8. The number of carbonyl (C=O) groups is 3. The standard InChI is InChI=1S/C26H33N3O4/c1-2-3-7-18-33-23-16-12-21(13-17-23)26(32)29-28-25(31)20-10-14-22(15-11-20)27-24(30)19-8-5-4-6-9-19/h10-17,19H,2-9,18H2,1H3,(H,27,30)(H,28,31)(H,29,32). The van der Waals surface area contributed by atoms with E-state index in [1.165, 1.54) is 6.42 Å². The van der Waals surface area contributed by atoms with Gasteiger partial charge in [0.05, 0.1) is 6.61 Å². The summed E-state index contributed by atoms with van der Waals surface area (Å²) in [4.78, 5) is 37.0. The second-order valence-corrected chi connectivity index (χ2v) is 8.39. The second-order valence-electron chi connectivity index (χ2n) is 8.39. The summed E-state index contributed by atoms with van der Waals surface area (Å²) in [7, 11) is 0. The maximum atomic E-state index is 12.4. The van der Waals surface area contributed by atoms with Gasteiger partial charge in [0.2, 0.25) is 5.91 Å². The van der Waals surface area contributed by atoms with Crippen LogP contribution in [0.15, 0.2) is 48.5 Å². The molecule has 2 aromatic rings. The van der Waals surface area contributed by atoms with Gasteiger partial charge < -0.3 is 10.1 Å². The molecule has 0 spiro atoms. The molecular formula is C26H33N3O4. The molecule has 7 nitrogen and oxygen atoms in total. The zero-order valence-electron chi connectivity index (χ0n) is 19.2. The van der Waals surface area contributed by atoms with Gasteiger partial charge in [0, 0.05) is 22.7 Å². The smallest absolute Gasteiger partial charge is 0.269 e. The van der Waals surface area contributed by atoms with E-state index in [9.17, 15) is 14.4 Å². The number of amides is 3. The maximum Gasteiger partial charge on any atom is 0.269 e. The lowest BCUT2D eigenvalue weighted by Gasteiger charge is -2.20. The summed E-state index contributed by atoms with van der Waals surface area (Å²) in [6, 6.07) is 13.4. The number of nitrogens with one attached hydrogen (secondary N) is 3.